The van der Waals surface area contributed by atoms with Crippen LogP contribution in [0, 0.1) is 0 Å². The minimum Gasteiger partial charge on any atom is -0.329 e. The number of nitrogens with two attached hydrogens (primary N) is 1. The molecule has 12 heavy (non-hydrogen) atoms. The lowest BCUT2D eigenvalue weighted by molar-refractivity contribution is 0.339. The summed E-state index contributed by atoms with van der Waals surface area (Å²) in [5.74, 6) is 0. The maximum absolute atomic E-state index is 5.69. The monoisotopic (exact) mass is 205 g/mol. The molecule has 3 nitrogen and oxygen atoms in total. The third-order valence-corrected chi connectivity index (χ3v) is 2.56. The van der Waals surface area contributed by atoms with Crippen molar-refractivity contribution in [3.63, 3.8) is 0 Å². The van der Waals surface area contributed by atoms with Crippen LogP contribution in [0.4, 0.5) is 0 Å². The van der Waals surface area contributed by atoms with E-state index in [4.69, 9.17) is 17.3 Å². The van der Waals surface area contributed by atoms with Gasteiger partial charge in [0.15, 0.2) is 4.47 Å². The van der Waals surface area contributed by atoms with Gasteiger partial charge in [-0.3, -0.25) is 4.90 Å². The SMILES string of the molecule is CN(CCN)Cc1cnc(Cl)s1. The van der Waals surface area contributed by atoms with Gasteiger partial charge in [-0.2, -0.15) is 0 Å². The lowest BCUT2D eigenvalue weighted by atomic mass is 10.4. The highest BCUT2D eigenvalue weighted by Gasteiger charge is 2.02. The second-order valence-electron chi connectivity index (χ2n) is 2.61. The fraction of sp³-hybridized carbons (Fsp3) is 0.571. The molecule has 1 rings (SSSR count). The molecule has 0 spiro atoms. The number of aromatic nitrogens is 1. The molecule has 0 aliphatic heterocycles. The van der Waals surface area contributed by atoms with Crippen molar-refractivity contribution < 1.29 is 0 Å². The molecular weight excluding hydrogens is 194 g/mol. The first kappa shape index (κ1) is 9.92. The van der Waals surface area contributed by atoms with Crippen LogP contribution in [0.5, 0.6) is 0 Å². The molecule has 0 bridgehead atoms. The molecule has 0 unspecified atom stereocenters. The molecule has 1 heterocycles. The molecule has 0 radical (unpaired) electrons. The van der Waals surface area contributed by atoms with Crippen LogP contribution in [0.1, 0.15) is 4.88 Å². The Morgan fingerprint density at radius 3 is 3.00 bits per heavy atom. The van der Waals surface area contributed by atoms with Gasteiger partial charge in [0, 0.05) is 30.7 Å². The Morgan fingerprint density at radius 2 is 2.50 bits per heavy atom. The zero-order valence-corrected chi connectivity index (χ0v) is 8.53. The Balaban J connectivity index is 2.41. The second-order valence-corrected chi connectivity index (χ2v) is 4.30. The third kappa shape index (κ3) is 3.06. The van der Waals surface area contributed by atoms with Crippen molar-refractivity contribution >= 4 is 22.9 Å². The second kappa shape index (κ2) is 4.77. The van der Waals surface area contributed by atoms with Crippen molar-refractivity contribution in [3.05, 3.63) is 15.5 Å². The van der Waals surface area contributed by atoms with E-state index < -0.39 is 0 Å². The minimum absolute atomic E-state index is 0.603. The fourth-order valence-electron chi connectivity index (χ4n) is 0.922. The fourth-order valence-corrected chi connectivity index (χ4v) is 1.98. The van der Waals surface area contributed by atoms with Crippen LogP contribution in [0.15, 0.2) is 6.20 Å². The van der Waals surface area contributed by atoms with Crippen LogP contribution in [-0.2, 0) is 6.54 Å². The van der Waals surface area contributed by atoms with Gasteiger partial charge in [-0.15, -0.1) is 11.3 Å². The maximum Gasteiger partial charge on any atom is 0.183 e. The van der Waals surface area contributed by atoms with Gasteiger partial charge in [0.1, 0.15) is 0 Å². The summed E-state index contributed by atoms with van der Waals surface area (Å²) in [7, 11) is 2.03. The van der Waals surface area contributed by atoms with Crippen LogP contribution < -0.4 is 5.73 Å². The topological polar surface area (TPSA) is 42.1 Å². The van der Waals surface area contributed by atoms with Crippen LogP contribution in [0.2, 0.25) is 4.47 Å². The average molecular weight is 206 g/mol. The van der Waals surface area contributed by atoms with Crippen LogP contribution >= 0.6 is 22.9 Å². The Hall–Kier alpha value is -0.160. The molecule has 1 aromatic heterocycles. The molecular formula is C7H12ClN3S. The highest BCUT2D eigenvalue weighted by Crippen LogP contribution is 2.18. The first-order valence-corrected chi connectivity index (χ1v) is 4.90. The van der Waals surface area contributed by atoms with Crippen molar-refractivity contribution in [2.75, 3.05) is 20.1 Å². The van der Waals surface area contributed by atoms with E-state index in [9.17, 15) is 0 Å². The van der Waals surface area contributed by atoms with E-state index in [2.05, 4.69) is 9.88 Å². The summed E-state index contributed by atoms with van der Waals surface area (Å²) in [5, 5.41) is 0. The molecule has 2 N–H and O–H groups in total. The smallest absolute Gasteiger partial charge is 0.183 e. The van der Waals surface area contributed by atoms with Gasteiger partial charge in [-0.1, -0.05) is 11.6 Å². The molecule has 0 aromatic carbocycles. The van der Waals surface area contributed by atoms with Crippen LogP contribution in [0.25, 0.3) is 0 Å². The molecule has 0 saturated heterocycles. The average Bonchev–Trinajstić information content (AvgIpc) is 2.36. The predicted molar refractivity (Wildman–Crippen MR) is 52.5 cm³/mol. The number of thiazole rings is 1. The zero-order valence-electron chi connectivity index (χ0n) is 6.96. The van der Waals surface area contributed by atoms with Crippen LogP contribution in [0.3, 0.4) is 0 Å². The molecule has 0 aliphatic carbocycles. The molecule has 1 aromatic rings. The summed E-state index contributed by atoms with van der Waals surface area (Å²) in [5.41, 5.74) is 5.41. The Labute approximate surface area is 81.2 Å². The van der Waals surface area contributed by atoms with Crippen LogP contribution in [-0.4, -0.2) is 30.0 Å². The van der Waals surface area contributed by atoms with E-state index in [1.165, 1.54) is 16.2 Å². The van der Waals surface area contributed by atoms with E-state index in [0.717, 1.165) is 13.1 Å². The first-order chi connectivity index (χ1) is 5.72. The summed E-state index contributed by atoms with van der Waals surface area (Å²) in [6.07, 6.45) is 1.81. The maximum atomic E-state index is 5.69. The molecule has 0 atom stereocenters. The number of hydrogen-bond donors (Lipinski definition) is 1. The van der Waals surface area contributed by atoms with Gasteiger partial charge >= 0.3 is 0 Å². The third-order valence-electron chi connectivity index (χ3n) is 1.46. The summed E-state index contributed by atoms with van der Waals surface area (Å²) in [6.45, 7) is 2.46. The summed E-state index contributed by atoms with van der Waals surface area (Å²) in [4.78, 5) is 7.28. The van der Waals surface area contributed by atoms with E-state index in [1.807, 2.05) is 7.05 Å². The number of likely N-dealkylation sites (N-methyl/N-ethyl adjacent to an activating group) is 1. The molecule has 0 amide bonds. The predicted octanol–water partition coefficient (Wildman–Crippen LogP) is 1.19. The Kier molecular flexibility index (Phi) is 3.94. The summed E-state index contributed by atoms with van der Waals surface area (Å²) < 4.78 is 0.603. The van der Waals surface area contributed by atoms with Gasteiger partial charge < -0.3 is 5.73 Å². The van der Waals surface area contributed by atoms with Gasteiger partial charge in [0.2, 0.25) is 0 Å². The van der Waals surface area contributed by atoms with Crippen molar-refractivity contribution in [1.29, 1.82) is 0 Å². The first-order valence-electron chi connectivity index (χ1n) is 3.71. The number of rotatable bonds is 4. The van der Waals surface area contributed by atoms with Crippen molar-refractivity contribution in [2.45, 2.75) is 6.54 Å². The van der Waals surface area contributed by atoms with E-state index >= 15 is 0 Å². The normalized spacial score (nSPS) is 11.0. The van der Waals surface area contributed by atoms with Gasteiger partial charge in [-0.05, 0) is 7.05 Å². The Morgan fingerprint density at radius 1 is 1.75 bits per heavy atom. The molecule has 0 saturated carbocycles. The number of halogens is 1. The quantitative estimate of drug-likeness (QED) is 0.803. The molecule has 0 aliphatic rings. The van der Waals surface area contributed by atoms with E-state index in [1.54, 1.807) is 6.20 Å². The number of nitrogens with zero attached hydrogens (tertiary/aromatic N) is 2. The van der Waals surface area contributed by atoms with Gasteiger partial charge in [0.25, 0.3) is 0 Å². The van der Waals surface area contributed by atoms with Gasteiger partial charge in [0.05, 0.1) is 0 Å². The lowest BCUT2D eigenvalue weighted by Crippen LogP contribution is -2.24. The van der Waals surface area contributed by atoms with Gasteiger partial charge in [-0.25, -0.2) is 4.98 Å². The molecule has 5 heteroatoms. The van der Waals surface area contributed by atoms with E-state index in [0.29, 0.717) is 11.0 Å². The van der Waals surface area contributed by atoms with Crippen molar-refractivity contribution in [2.24, 2.45) is 5.73 Å². The number of hydrogen-bond acceptors (Lipinski definition) is 4. The van der Waals surface area contributed by atoms with E-state index in [-0.39, 0.29) is 0 Å². The molecule has 0 fully saturated rings. The van der Waals surface area contributed by atoms with Crippen molar-refractivity contribution in [1.82, 2.24) is 9.88 Å². The summed E-state index contributed by atoms with van der Waals surface area (Å²) in [6, 6.07) is 0. The minimum atomic E-state index is 0.603. The largest absolute Gasteiger partial charge is 0.329 e. The standard InChI is InChI=1S/C7H12ClN3S/c1-11(3-2-9)5-6-4-10-7(8)12-6/h4H,2-3,5,9H2,1H3. The summed E-state index contributed by atoms with van der Waals surface area (Å²) >= 11 is 7.20. The lowest BCUT2D eigenvalue weighted by Gasteiger charge is -2.12. The molecule has 68 valence electrons. The zero-order chi connectivity index (χ0) is 8.97. The highest BCUT2D eigenvalue weighted by molar-refractivity contribution is 7.15. The highest BCUT2D eigenvalue weighted by atomic mass is 35.5. The Bertz CT molecular complexity index is 238. The van der Waals surface area contributed by atoms with Crippen molar-refractivity contribution in [3.8, 4) is 0 Å².